The molecule has 0 spiro atoms. The maximum absolute atomic E-state index is 14.5. The van der Waals surface area contributed by atoms with Crippen LogP contribution in [-0.2, 0) is 14.4 Å². The van der Waals surface area contributed by atoms with E-state index in [9.17, 15) is 24.1 Å². The number of hydroxylamine groups is 1. The molecule has 172 valence electrons. The zero-order valence-electron chi connectivity index (χ0n) is 17.1. The topological polar surface area (TPSA) is 93.0 Å². The highest BCUT2D eigenvalue weighted by Crippen LogP contribution is 2.49. The fourth-order valence-corrected chi connectivity index (χ4v) is 4.83. The van der Waals surface area contributed by atoms with Crippen LogP contribution >= 0.6 is 23.2 Å². The molecule has 2 aliphatic rings. The lowest BCUT2D eigenvalue weighted by atomic mass is 9.90. The Kier molecular flexibility index (Phi) is 5.47. The van der Waals surface area contributed by atoms with Crippen LogP contribution in [0, 0.1) is 21.8 Å². The lowest BCUT2D eigenvalue weighted by Gasteiger charge is -2.29. The third kappa shape index (κ3) is 3.49. The Morgan fingerprint density at radius 2 is 1.74 bits per heavy atom. The first kappa shape index (κ1) is 22.3. The molecule has 11 heteroatoms. The quantitative estimate of drug-likeness (QED) is 0.280. The van der Waals surface area contributed by atoms with Gasteiger partial charge in [-0.05, 0) is 35.9 Å². The summed E-state index contributed by atoms with van der Waals surface area (Å²) in [6, 6.07) is 14.7. The predicted molar refractivity (Wildman–Crippen MR) is 122 cm³/mol. The van der Waals surface area contributed by atoms with Crippen LogP contribution < -0.4 is 9.96 Å². The number of anilines is 2. The number of imide groups is 1. The second-order valence-corrected chi connectivity index (χ2v) is 8.57. The molecule has 2 fully saturated rings. The number of para-hydroxylation sites is 1. The highest BCUT2D eigenvalue weighted by Gasteiger charge is 2.61. The predicted octanol–water partition coefficient (Wildman–Crippen LogP) is 5.09. The van der Waals surface area contributed by atoms with Gasteiger partial charge in [-0.1, -0.05) is 47.5 Å². The van der Waals surface area contributed by atoms with E-state index >= 15 is 0 Å². The van der Waals surface area contributed by atoms with Gasteiger partial charge in [-0.15, -0.1) is 0 Å². The third-order valence-corrected chi connectivity index (χ3v) is 6.35. The number of benzene rings is 3. The molecule has 3 unspecified atom stereocenters. The van der Waals surface area contributed by atoms with Crippen molar-refractivity contribution in [1.82, 2.24) is 0 Å². The van der Waals surface area contributed by atoms with Crippen LogP contribution in [0.25, 0.3) is 0 Å². The van der Waals surface area contributed by atoms with Crippen molar-refractivity contribution in [3.8, 4) is 0 Å². The van der Waals surface area contributed by atoms with Crippen LogP contribution in [0.5, 0.6) is 0 Å². The smallest absolute Gasteiger partial charge is 0.271 e. The second kappa shape index (κ2) is 8.35. The zero-order valence-corrected chi connectivity index (χ0v) is 18.6. The number of carbonyl (C=O) groups is 2. The maximum Gasteiger partial charge on any atom is 0.271 e. The van der Waals surface area contributed by atoms with Gasteiger partial charge >= 0.3 is 0 Å². The molecule has 2 saturated heterocycles. The van der Waals surface area contributed by atoms with Gasteiger partial charge < -0.3 is 0 Å². The molecule has 5 rings (SSSR count). The summed E-state index contributed by atoms with van der Waals surface area (Å²) in [7, 11) is 0. The van der Waals surface area contributed by atoms with E-state index in [1.807, 2.05) is 0 Å². The highest BCUT2D eigenvalue weighted by atomic mass is 35.5. The molecule has 0 N–H and O–H groups in total. The molecule has 3 atom stereocenters. The minimum Gasteiger partial charge on any atom is -0.273 e. The van der Waals surface area contributed by atoms with E-state index in [2.05, 4.69) is 0 Å². The normalized spacial score (nSPS) is 21.8. The lowest BCUT2D eigenvalue weighted by molar-refractivity contribution is -0.384. The summed E-state index contributed by atoms with van der Waals surface area (Å²) in [5.74, 6) is -3.25. The van der Waals surface area contributed by atoms with Crippen molar-refractivity contribution < 1.29 is 23.7 Å². The van der Waals surface area contributed by atoms with Gasteiger partial charge in [0.05, 0.1) is 22.3 Å². The molecule has 8 nitrogen and oxygen atoms in total. The highest BCUT2D eigenvalue weighted by molar-refractivity contribution is 6.35. The number of fused-ring (bicyclic) bond motifs is 1. The van der Waals surface area contributed by atoms with Crippen molar-refractivity contribution in [2.45, 2.75) is 12.1 Å². The zero-order chi connectivity index (χ0) is 24.1. The summed E-state index contributed by atoms with van der Waals surface area (Å²) in [4.78, 5) is 44.2. The van der Waals surface area contributed by atoms with Crippen molar-refractivity contribution in [1.29, 1.82) is 0 Å². The van der Waals surface area contributed by atoms with Crippen molar-refractivity contribution in [3.63, 3.8) is 0 Å². The van der Waals surface area contributed by atoms with Crippen LogP contribution in [0.15, 0.2) is 66.7 Å². The van der Waals surface area contributed by atoms with E-state index in [4.69, 9.17) is 28.0 Å². The molecule has 34 heavy (non-hydrogen) atoms. The summed E-state index contributed by atoms with van der Waals surface area (Å²) in [5, 5.41) is 13.1. The molecule has 2 aliphatic heterocycles. The summed E-state index contributed by atoms with van der Waals surface area (Å²) >= 11 is 12.5. The number of hydrogen-bond acceptors (Lipinski definition) is 6. The molecular formula is C23H14Cl2FN3O5. The number of nitrogens with zero attached hydrogens (tertiary/aromatic N) is 3. The van der Waals surface area contributed by atoms with Gasteiger partial charge in [0.2, 0.25) is 5.91 Å². The van der Waals surface area contributed by atoms with Gasteiger partial charge in [0, 0.05) is 22.2 Å². The molecule has 0 aromatic heterocycles. The molecule has 2 heterocycles. The number of non-ortho nitro benzene ring substituents is 1. The van der Waals surface area contributed by atoms with E-state index in [1.54, 1.807) is 18.2 Å². The number of rotatable bonds is 4. The summed E-state index contributed by atoms with van der Waals surface area (Å²) < 4.78 is 14.5. The van der Waals surface area contributed by atoms with Crippen LogP contribution in [-0.4, -0.2) is 22.8 Å². The molecule has 0 aliphatic carbocycles. The minimum absolute atomic E-state index is 0.182. The van der Waals surface area contributed by atoms with Crippen molar-refractivity contribution >= 4 is 52.1 Å². The first-order valence-electron chi connectivity index (χ1n) is 10.1. The Bertz CT molecular complexity index is 1350. The Morgan fingerprint density at radius 3 is 2.44 bits per heavy atom. The van der Waals surface area contributed by atoms with Crippen LogP contribution in [0.1, 0.15) is 11.6 Å². The van der Waals surface area contributed by atoms with E-state index in [-0.39, 0.29) is 22.1 Å². The van der Waals surface area contributed by atoms with Gasteiger partial charge in [-0.3, -0.25) is 24.5 Å². The molecule has 3 aromatic carbocycles. The first-order valence-corrected chi connectivity index (χ1v) is 10.8. The Morgan fingerprint density at radius 1 is 0.971 bits per heavy atom. The van der Waals surface area contributed by atoms with Gasteiger partial charge in [0.15, 0.2) is 6.10 Å². The number of halogens is 3. The summed E-state index contributed by atoms with van der Waals surface area (Å²) in [6.45, 7) is 0. The fourth-order valence-electron chi connectivity index (χ4n) is 4.31. The van der Waals surface area contributed by atoms with Crippen molar-refractivity contribution in [2.24, 2.45) is 5.92 Å². The molecule has 0 radical (unpaired) electrons. The van der Waals surface area contributed by atoms with E-state index in [1.165, 1.54) is 47.5 Å². The lowest BCUT2D eigenvalue weighted by Crippen LogP contribution is -2.38. The van der Waals surface area contributed by atoms with Crippen LogP contribution in [0.4, 0.5) is 21.5 Å². The first-order chi connectivity index (χ1) is 16.3. The number of nitro groups is 1. The van der Waals surface area contributed by atoms with Crippen molar-refractivity contribution in [2.75, 3.05) is 9.96 Å². The third-order valence-electron chi connectivity index (χ3n) is 5.78. The molecular weight excluding hydrogens is 488 g/mol. The largest absolute Gasteiger partial charge is 0.273 e. The minimum atomic E-state index is -1.29. The van der Waals surface area contributed by atoms with Crippen LogP contribution in [0.2, 0.25) is 10.0 Å². The van der Waals surface area contributed by atoms with E-state index < -0.39 is 40.6 Å². The number of nitro benzene ring substituents is 1. The van der Waals surface area contributed by atoms with Gasteiger partial charge in [0.25, 0.3) is 11.6 Å². The van der Waals surface area contributed by atoms with Crippen molar-refractivity contribution in [3.05, 3.63) is 98.3 Å². The Hall–Kier alpha value is -3.53. The second-order valence-electron chi connectivity index (χ2n) is 7.73. The van der Waals surface area contributed by atoms with E-state index in [0.29, 0.717) is 10.6 Å². The van der Waals surface area contributed by atoms with E-state index in [0.717, 1.165) is 11.0 Å². The van der Waals surface area contributed by atoms with Gasteiger partial charge in [0.1, 0.15) is 11.7 Å². The molecule has 2 amide bonds. The Balaban J connectivity index is 1.64. The monoisotopic (exact) mass is 501 g/mol. The number of carbonyl (C=O) groups excluding carboxylic acids is 2. The van der Waals surface area contributed by atoms with Crippen LogP contribution in [0.3, 0.4) is 0 Å². The molecule has 3 aromatic rings. The SMILES string of the molecule is O=C1C2ON(c3cccc([N+](=O)[O-])c3)C(c3ccc(Cl)cc3Cl)C2C(=O)N1c1ccccc1F. The van der Waals surface area contributed by atoms with Gasteiger partial charge in [-0.25, -0.2) is 14.4 Å². The number of amides is 2. The average molecular weight is 502 g/mol. The molecule has 0 bridgehead atoms. The number of hydrogen-bond donors (Lipinski definition) is 0. The van der Waals surface area contributed by atoms with Gasteiger partial charge in [-0.2, -0.15) is 0 Å². The average Bonchev–Trinajstić information content (AvgIpc) is 3.31. The maximum atomic E-state index is 14.5. The standard InChI is InChI=1S/C23H14Cl2FN3O5/c24-12-8-9-15(16(25)10-12)20-19-21(34-28(20)13-4-3-5-14(11-13)29(32)33)23(31)27(22(19)30)18-7-2-1-6-17(18)26/h1-11,19-21H. The summed E-state index contributed by atoms with van der Waals surface area (Å²) in [5.41, 5.74) is 0.280. The fraction of sp³-hybridized carbons (Fsp3) is 0.130. The molecule has 0 saturated carbocycles. The Labute approximate surface area is 202 Å². The summed E-state index contributed by atoms with van der Waals surface area (Å²) in [6.07, 6.45) is -1.29.